The van der Waals surface area contributed by atoms with Crippen molar-refractivity contribution in [2.45, 2.75) is 26.8 Å². The third-order valence-electron chi connectivity index (χ3n) is 3.08. The number of halogens is 2. The van der Waals surface area contributed by atoms with Gasteiger partial charge in [-0.1, -0.05) is 35.4 Å². The Kier molecular flexibility index (Phi) is 4.48. The number of hydrogen-bond donors (Lipinski definition) is 1. The number of nitrogens with zero attached hydrogens (tertiary/aromatic N) is 1. The summed E-state index contributed by atoms with van der Waals surface area (Å²) in [4.78, 5) is 4.12. The van der Waals surface area contributed by atoms with E-state index in [0.717, 1.165) is 10.2 Å². The van der Waals surface area contributed by atoms with Crippen molar-refractivity contribution in [2.24, 2.45) is 0 Å². The van der Waals surface area contributed by atoms with Crippen molar-refractivity contribution < 1.29 is 0 Å². The third-order valence-corrected chi connectivity index (χ3v) is 4.21. The van der Waals surface area contributed by atoms with Crippen LogP contribution < -0.4 is 5.32 Å². The van der Waals surface area contributed by atoms with Crippen LogP contribution in [0, 0.1) is 13.8 Å². The van der Waals surface area contributed by atoms with E-state index in [-0.39, 0.29) is 6.04 Å². The van der Waals surface area contributed by atoms with Crippen LogP contribution in [0.2, 0.25) is 5.15 Å². The standard InChI is InChI=1S/C15H16BrClN2/c1-9-4-5-10(2)13(6-9)11(3)19-12-7-14(16)15(17)18-8-12/h4-8,11,19H,1-3H3. The van der Waals surface area contributed by atoms with Gasteiger partial charge in [-0.2, -0.15) is 0 Å². The van der Waals surface area contributed by atoms with Gasteiger partial charge in [0.2, 0.25) is 0 Å². The van der Waals surface area contributed by atoms with Gasteiger partial charge in [0.05, 0.1) is 16.4 Å². The largest absolute Gasteiger partial charge is 0.377 e. The number of aromatic nitrogens is 1. The normalized spacial score (nSPS) is 12.3. The molecule has 0 aliphatic heterocycles. The van der Waals surface area contributed by atoms with Crippen LogP contribution >= 0.6 is 27.5 Å². The SMILES string of the molecule is Cc1ccc(C)c(C(C)Nc2cnc(Cl)c(Br)c2)c1. The summed E-state index contributed by atoms with van der Waals surface area (Å²) in [5.41, 5.74) is 4.80. The molecular formula is C15H16BrClN2. The van der Waals surface area contributed by atoms with Gasteiger partial charge in [-0.25, -0.2) is 4.98 Å². The number of hydrogen-bond acceptors (Lipinski definition) is 2. The summed E-state index contributed by atoms with van der Waals surface area (Å²) >= 11 is 9.28. The molecule has 0 saturated carbocycles. The van der Waals surface area contributed by atoms with Crippen LogP contribution in [0.25, 0.3) is 0 Å². The van der Waals surface area contributed by atoms with Crippen LogP contribution in [0.15, 0.2) is 34.9 Å². The predicted molar refractivity (Wildman–Crippen MR) is 84.9 cm³/mol. The molecule has 2 nitrogen and oxygen atoms in total. The molecule has 0 radical (unpaired) electrons. The smallest absolute Gasteiger partial charge is 0.143 e. The van der Waals surface area contributed by atoms with Crippen molar-refractivity contribution in [2.75, 3.05) is 5.32 Å². The molecule has 100 valence electrons. The van der Waals surface area contributed by atoms with Gasteiger partial charge < -0.3 is 5.32 Å². The maximum Gasteiger partial charge on any atom is 0.143 e. The minimum Gasteiger partial charge on any atom is -0.377 e. The first-order valence-corrected chi connectivity index (χ1v) is 7.29. The highest BCUT2D eigenvalue weighted by Crippen LogP contribution is 2.27. The molecule has 2 rings (SSSR count). The first kappa shape index (κ1) is 14.4. The Morgan fingerprint density at radius 1 is 1.26 bits per heavy atom. The molecule has 1 atom stereocenters. The Hall–Kier alpha value is -1.06. The van der Waals surface area contributed by atoms with E-state index in [1.165, 1.54) is 16.7 Å². The summed E-state index contributed by atoms with van der Waals surface area (Å²) < 4.78 is 0.798. The Balaban J connectivity index is 2.22. The zero-order chi connectivity index (χ0) is 14.0. The number of nitrogens with one attached hydrogen (secondary N) is 1. The van der Waals surface area contributed by atoms with Crippen LogP contribution in [0.3, 0.4) is 0 Å². The molecular weight excluding hydrogens is 324 g/mol. The second-order valence-electron chi connectivity index (χ2n) is 4.72. The van der Waals surface area contributed by atoms with E-state index < -0.39 is 0 Å². The first-order chi connectivity index (χ1) is 8.97. The van der Waals surface area contributed by atoms with Gasteiger partial charge in [0.1, 0.15) is 5.15 Å². The van der Waals surface area contributed by atoms with Crippen molar-refractivity contribution in [1.82, 2.24) is 4.98 Å². The van der Waals surface area contributed by atoms with E-state index in [4.69, 9.17) is 11.6 Å². The van der Waals surface area contributed by atoms with Gasteiger partial charge >= 0.3 is 0 Å². The van der Waals surface area contributed by atoms with Crippen LogP contribution in [-0.4, -0.2) is 4.98 Å². The number of benzene rings is 1. The topological polar surface area (TPSA) is 24.9 Å². The zero-order valence-corrected chi connectivity index (χ0v) is 13.5. The van der Waals surface area contributed by atoms with Gasteiger partial charge in [0.15, 0.2) is 0 Å². The number of anilines is 1. The molecule has 1 aromatic heterocycles. The maximum absolute atomic E-state index is 5.89. The highest BCUT2D eigenvalue weighted by Gasteiger charge is 2.09. The fourth-order valence-corrected chi connectivity index (χ4v) is 2.51. The van der Waals surface area contributed by atoms with E-state index in [2.05, 4.69) is 65.2 Å². The number of pyridine rings is 1. The summed E-state index contributed by atoms with van der Waals surface area (Å²) in [6, 6.07) is 8.66. The van der Waals surface area contributed by atoms with Crippen molar-refractivity contribution >= 4 is 33.2 Å². The van der Waals surface area contributed by atoms with E-state index in [9.17, 15) is 0 Å². The second kappa shape index (κ2) is 5.93. The molecule has 0 amide bonds. The zero-order valence-electron chi connectivity index (χ0n) is 11.2. The quantitative estimate of drug-likeness (QED) is 0.769. The first-order valence-electron chi connectivity index (χ1n) is 6.12. The number of aryl methyl sites for hydroxylation is 2. The fraction of sp³-hybridized carbons (Fsp3) is 0.267. The van der Waals surface area contributed by atoms with E-state index in [1.807, 2.05) is 6.07 Å². The van der Waals surface area contributed by atoms with Crippen LogP contribution in [0.5, 0.6) is 0 Å². The summed E-state index contributed by atoms with van der Waals surface area (Å²) in [5.74, 6) is 0. The van der Waals surface area contributed by atoms with Gasteiger partial charge in [-0.3, -0.25) is 0 Å². The van der Waals surface area contributed by atoms with E-state index in [1.54, 1.807) is 6.20 Å². The monoisotopic (exact) mass is 338 g/mol. The lowest BCUT2D eigenvalue weighted by atomic mass is 10.00. The molecule has 0 aliphatic rings. The summed E-state index contributed by atoms with van der Waals surface area (Å²) in [7, 11) is 0. The van der Waals surface area contributed by atoms with Gasteiger partial charge in [-0.15, -0.1) is 0 Å². The van der Waals surface area contributed by atoms with Crippen molar-refractivity contribution in [3.8, 4) is 0 Å². The summed E-state index contributed by atoms with van der Waals surface area (Å²) in [6.07, 6.45) is 1.74. The molecule has 19 heavy (non-hydrogen) atoms. The molecule has 0 saturated heterocycles. The lowest BCUT2D eigenvalue weighted by molar-refractivity contribution is 0.870. The maximum atomic E-state index is 5.89. The molecule has 0 bridgehead atoms. The Bertz CT molecular complexity index is 599. The van der Waals surface area contributed by atoms with Gasteiger partial charge in [-0.05, 0) is 53.9 Å². The van der Waals surface area contributed by atoms with Crippen molar-refractivity contribution in [3.05, 3.63) is 56.8 Å². The Morgan fingerprint density at radius 3 is 2.68 bits per heavy atom. The summed E-state index contributed by atoms with van der Waals surface area (Å²) in [6.45, 7) is 6.38. The van der Waals surface area contributed by atoms with Crippen molar-refractivity contribution in [3.63, 3.8) is 0 Å². The molecule has 1 heterocycles. The lowest BCUT2D eigenvalue weighted by Gasteiger charge is -2.18. The van der Waals surface area contributed by atoms with E-state index >= 15 is 0 Å². The minimum atomic E-state index is 0.217. The average molecular weight is 340 g/mol. The Morgan fingerprint density at radius 2 is 2.00 bits per heavy atom. The molecule has 4 heteroatoms. The highest BCUT2D eigenvalue weighted by atomic mass is 79.9. The molecule has 1 N–H and O–H groups in total. The van der Waals surface area contributed by atoms with Crippen molar-refractivity contribution in [1.29, 1.82) is 0 Å². The second-order valence-corrected chi connectivity index (χ2v) is 5.94. The molecule has 2 aromatic rings. The number of rotatable bonds is 3. The molecule has 1 aromatic carbocycles. The molecule has 0 aliphatic carbocycles. The summed E-state index contributed by atoms with van der Waals surface area (Å²) in [5, 5.41) is 3.92. The average Bonchev–Trinajstić information content (AvgIpc) is 2.36. The minimum absolute atomic E-state index is 0.217. The molecule has 0 spiro atoms. The fourth-order valence-electron chi connectivity index (χ4n) is 2.05. The van der Waals surface area contributed by atoms with Gasteiger partial charge in [0, 0.05) is 6.04 Å². The van der Waals surface area contributed by atoms with Crippen LogP contribution in [-0.2, 0) is 0 Å². The molecule has 0 fully saturated rings. The highest BCUT2D eigenvalue weighted by molar-refractivity contribution is 9.10. The van der Waals surface area contributed by atoms with Gasteiger partial charge in [0.25, 0.3) is 0 Å². The Labute approximate surface area is 127 Å². The lowest BCUT2D eigenvalue weighted by Crippen LogP contribution is -2.08. The molecule has 1 unspecified atom stereocenters. The van der Waals surface area contributed by atoms with Crippen LogP contribution in [0.1, 0.15) is 29.7 Å². The predicted octanol–water partition coefficient (Wildman–Crippen LogP) is 5.29. The van der Waals surface area contributed by atoms with E-state index in [0.29, 0.717) is 5.15 Å². The third kappa shape index (κ3) is 3.48. The van der Waals surface area contributed by atoms with Crippen LogP contribution in [0.4, 0.5) is 5.69 Å².